The van der Waals surface area contributed by atoms with Gasteiger partial charge in [-0.1, -0.05) is 11.2 Å². The molecule has 1 fully saturated rings. The fraction of sp³-hybridized carbons (Fsp3) is 0.250. The number of hydrogen-bond donors (Lipinski definition) is 0. The van der Waals surface area contributed by atoms with Crippen LogP contribution in [0.3, 0.4) is 0 Å². The van der Waals surface area contributed by atoms with E-state index in [0.717, 1.165) is 0 Å². The molecular weight excluding hydrogens is 365 g/mol. The monoisotopic (exact) mass is 381 g/mol. The van der Waals surface area contributed by atoms with Gasteiger partial charge in [-0.05, 0) is 42.8 Å². The molecule has 0 aliphatic carbocycles. The molecule has 2 aliphatic heterocycles. The zero-order valence-electron chi connectivity index (χ0n) is 15.0. The van der Waals surface area contributed by atoms with E-state index >= 15 is 0 Å². The molecule has 1 aromatic heterocycles. The summed E-state index contributed by atoms with van der Waals surface area (Å²) in [6.45, 7) is 2.25. The van der Waals surface area contributed by atoms with Crippen molar-refractivity contribution in [2.24, 2.45) is 0 Å². The zero-order chi connectivity index (χ0) is 19.3. The molecule has 8 heteroatoms. The van der Waals surface area contributed by atoms with Gasteiger partial charge in [-0.25, -0.2) is 4.39 Å². The van der Waals surface area contributed by atoms with Crippen LogP contribution in [0.1, 0.15) is 23.7 Å². The van der Waals surface area contributed by atoms with E-state index in [-0.39, 0.29) is 30.9 Å². The Morgan fingerprint density at radius 2 is 2.00 bits per heavy atom. The zero-order valence-corrected chi connectivity index (χ0v) is 15.0. The Bertz CT molecular complexity index is 1080. The number of benzene rings is 2. The number of amides is 1. The normalized spacial score (nSPS) is 18.1. The summed E-state index contributed by atoms with van der Waals surface area (Å²) in [4.78, 5) is 18.5. The van der Waals surface area contributed by atoms with Gasteiger partial charge in [0.05, 0.1) is 0 Å². The van der Waals surface area contributed by atoms with Gasteiger partial charge >= 0.3 is 0 Å². The Labute approximate surface area is 159 Å². The van der Waals surface area contributed by atoms with E-state index in [1.54, 1.807) is 36.1 Å². The van der Waals surface area contributed by atoms with Gasteiger partial charge in [-0.15, -0.1) is 0 Å². The molecule has 3 heterocycles. The lowest BCUT2D eigenvalue weighted by atomic mass is 10.1. The Hall–Kier alpha value is -3.42. The summed E-state index contributed by atoms with van der Waals surface area (Å²) in [6.07, 6.45) is 0.246. The number of nitrogens with zero attached hydrogens (tertiary/aromatic N) is 3. The Kier molecular flexibility index (Phi) is 3.78. The number of ether oxygens (including phenoxy) is 2. The van der Waals surface area contributed by atoms with E-state index in [4.69, 9.17) is 14.0 Å². The van der Waals surface area contributed by atoms with Crippen molar-refractivity contribution in [2.45, 2.75) is 19.3 Å². The highest BCUT2D eigenvalue weighted by molar-refractivity contribution is 5.96. The van der Waals surface area contributed by atoms with Gasteiger partial charge < -0.3 is 18.9 Å². The Morgan fingerprint density at radius 3 is 2.86 bits per heavy atom. The lowest BCUT2D eigenvalue weighted by Gasteiger charge is -2.16. The van der Waals surface area contributed by atoms with E-state index in [0.29, 0.717) is 46.6 Å². The first-order valence-electron chi connectivity index (χ1n) is 8.88. The maximum Gasteiger partial charge on any atom is 0.258 e. The number of rotatable bonds is 3. The molecule has 1 saturated heterocycles. The summed E-state index contributed by atoms with van der Waals surface area (Å²) in [6, 6.07) is 10.2. The summed E-state index contributed by atoms with van der Waals surface area (Å²) in [5.74, 6) is 1.45. The third-order valence-corrected chi connectivity index (χ3v) is 5.02. The van der Waals surface area contributed by atoms with Crippen molar-refractivity contribution in [1.82, 2.24) is 10.1 Å². The van der Waals surface area contributed by atoms with Gasteiger partial charge in [0.15, 0.2) is 17.3 Å². The van der Waals surface area contributed by atoms with Crippen molar-refractivity contribution in [3.8, 4) is 23.0 Å². The molecule has 0 spiro atoms. The number of aromatic nitrogens is 2. The van der Waals surface area contributed by atoms with Crippen molar-refractivity contribution < 1.29 is 23.2 Å². The Morgan fingerprint density at radius 1 is 1.14 bits per heavy atom. The lowest BCUT2D eigenvalue weighted by Crippen LogP contribution is -2.24. The third-order valence-electron chi connectivity index (χ3n) is 5.02. The molecule has 0 radical (unpaired) electrons. The molecule has 1 atom stereocenters. The van der Waals surface area contributed by atoms with Crippen LogP contribution < -0.4 is 14.4 Å². The molecule has 142 valence electrons. The minimum Gasteiger partial charge on any atom is -0.454 e. The number of halogens is 1. The van der Waals surface area contributed by atoms with Crippen LogP contribution in [0, 0.1) is 12.7 Å². The van der Waals surface area contributed by atoms with Crippen molar-refractivity contribution >= 4 is 11.6 Å². The number of fused-ring (bicyclic) bond motifs is 1. The van der Waals surface area contributed by atoms with Gasteiger partial charge in [0.2, 0.25) is 12.7 Å². The van der Waals surface area contributed by atoms with Crippen LogP contribution >= 0.6 is 0 Å². The maximum atomic E-state index is 13.9. The van der Waals surface area contributed by atoms with Crippen molar-refractivity contribution in [3.05, 3.63) is 53.6 Å². The highest BCUT2D eigenvalue weighted by atomic mass is 19.1. The second-order valence-electron chi connectivity index (χ2n) is 6.86. The second-order valence-corrected chi connectivity index (χ2v) is 6.86. The largest absolute Gasteiger partial charge is 0.454 e. The van der Waals surface area contributed by atoms with Crippen LogP contribution in [-0.2, 0) is 4.79 Å². The average Bonchev–Trinajstić information content (AvgIpc) is 3.42. The number of anilines is 1. The van der Waals surface area contributed by atoms with Gasteiger partial charge in [-0.2, -0.15) is 4.98 Å². The molecule has 2 aromatic carbocycles. The molecule has 7 nitrogen and oxygen atoms in total. The summed E-state index contributed by atoms with van der Waals surface area (Å²) in [5, 5.41) is 4.05. The highest BCUT2D eigenvalue weighted by Gasteiger charge is 2.35. The van der Waals surface area contributed by atoms with Crippen molar-refractivity contribution in [2.75, 3.05) is 18.2 Å². The maximum absolute atomic E-state index is 13.9. The molecule has 1 amide bonds. The minimum absolute atomic E-state index is 0.0947. The van der Waals surface area contributed by atoms with E-state index in [1.165, 1.54) is 6.07 Å². The second kappa shape index (κ2) is 6.33. The van der Waals surface area contributed by atoms with E-state index in [1.807, 2.05) is 6.07 Å². The summed E-state index contributed by atoms with van der Waals surface area (Å²) < 4.78 is 29.9. The van der Waals surface area contributed by atoms with Gasteiger partial charge in [0.25, 0.3) is 5.89 Å². The Balaban J connectivity index is 1.37. The number of carbonyl (C=O) groups is 1. The fourth-order valence-corrected chi connectivity index (χ4v) is 3.43. The van der Waals surface area contributed by atoms with Crippen LogP contribution in [0.15, 0.2) is 40.9 Å². The minimum atomic E-state index is -0.335. The summed E-state index contributed by atoms with van der Waals surface area (Å²) >= 11 is 0. The SMILES string of the molecule is Cc1ccc(N2CC(c3noc(-c4ccc5c(c4)OCO5)n3)CC2=O)cc1F. The topological polar surface area (TPSA) is 77.7 Å². The standard InChI is InChI=1S/C20H16FN3O4/c1-11-2-4-14(8-15(11)21)24-9-13(7-18(24)25)19-22-20(28-23-19)12-3-5-16-17(6-12)27-10-26-16/h2-6,8,13H,7,9-10H2,1H3. The van der Waals surface area contributed by atoms with Crippen LogP contribution in [-0.4, -0.2) is 29.4 Å². The molecule has 5 rings (SSSR count). The third kappa shape index (κ3) is 2.77. The van der Waals surface area contributed by atoms with Crippen molar-refractivity contribution in [1.29, 1.82) is 0 Å². The average molecular weight is 381 g/mol. The molecule has 1 unspecified atom stereocenters. The molecular formula is C20H16FN3O4. The molecule has 2 aliphatic rings. The van der Waals surface area contributed by atoms with E-state index in [2.05, 4.69) is 10.1 Å². The molecule has 0 bridgehead atoms. The first kappa shape index (κ1) is 16.7. The van der Waals surface area contributed by atoms with Gasteiger partial charge in [0, 0.05) is 30.1 Å². The van der Waals surface area contributed by atoms with E-state index < -0.39 is 0 Å². The molecule has 0 N–H and O–H groups in total. The predicted octanol–water partition coefficient (Wildman–Crippen LogP) is 3.43. The smallest absolute Gasteiger partial charge is 0.258 e. The first-order valence-corrected chi connectivity index (χ1v) is 8.88. The quantitative estimate of drug-likeness (QED) is 0.692. The molecule has 28 heavy (non-hydrogen) atoms. The molecule has 3 aromatic rings. The van der Waals surface area contributed by atoms with Gasteiger partial charge in [-0.3, -0.25) is 4.79 Å². The lowest BCUT2D eigenvalue weighted by molar-refractivity contribution is -0.117. The van der Waals surface area contributed by atoms with Crippen LogP contribution in [0.25, 0.3) is 11.5 Å². The number of carbonyl (C=O) groups excluding carboxylic acids is 1. The van der Waals surface area contributed by atoms with Crippen LogP contribution in [0.4, 0.5) is 10.1 Å². The summed E-state index contributed by atoms with van der Waals surface area (Å²) in [7, 11) is 0. The number of hydrogen-bond acceptors (Lipinski definition) is 6. The fourth-order valence-electron chi connectivity index (χ4n) is 3.43. The van der Waals surface area contributed by atoms with Crippen LogP contribution in [0.5, 0.6) is 11.5 Å². The number of aryl methyl sites for hydroxylation is 1. The molecule has 0 saturated carbocycles. The van der Waals surface area contributed by atoms with E-state index in [9.17, 15) is 9.18 Å². The van der Waals surface area contributed by atoms with Gasteiger partial charge in [0.1, 0.15) is 5.82 Å². The first-order chi connectivity index (χ1) is 13.6. The van der Waals surface area contributed by atoms with Crippen LogP contribution in [0.2, 0.25) is 0 Å². The van der Waals surface area contributed by atoms with Crippen molar-refractivity contribution in [3.63, 3.8) is 0 Å². The highest BCUT2D eigenvalue weighted by Crippen LogP contribution is 2.36. The summed E-state index contributed by atoms with van der Waals surface area (Å²) in [5.41, 5.74) is 1.79. The predicted molar refractivity (Wildman–Crippen MR) is 96.7 cm³/mol.